The van der Waals surface area contributed by atoms with E-state index in [9.17, 15) is 5.26 Å². The Morgan fingerprint density at radius 2 is 2.00 bits per heavy atom. The first kappa shape index (κ1) is 13.1. The van der Waals surface area contributed by atoms with Crippen molar-refractivity contribution in [3.05, 3.63) is 34.9 Å². The molecule has 0 radical (unpaired) electrons. The smallest absolute Gasteiger partial charge is 0.0854 e. The first-order valence-electron chi connectivity index (χ1n) is 6.63. The molecule has 0 spiro atoms. The molecule has 1 aliphatic heterocycles. The van der Waals surface area contributed by atoms with E-state index in [2.05, 4.69) is 57.3 Å². The summed E-state index contributed by atoms with van der Waals surface area (Å²) < 4.78 is 0. The maximum atomic E-state index is 9.74. The summed E-state index contributed by atoms with van der Waals surface area (Å²) in [4.78, 5) is 0. The van der Waals surface area contributed by atoms with Crippen LogP contribution in [0, 0.1) is 25.2 Å². The van der Waals surface area contributed by atoms with Gasteiger partial charge in [-0.25, -0.2) is 0 Å². The van der Waals surface area contributed by atoms with Crippen molar-refractivity contribution < 1.29 is 0 Å². The van der Waals surface area contributed by atoms with E-state index < -0.39 is 0 Å². The van der Waals surface area contributed by atoms with Crippen molar-refractivity contribution in [2.45, 2.75) is 51.5 Å². The van der Waals surface area contributed by atoms with E-state index in [0.29, 0.717) is 0 Å². The second-order valence-electron chi connectivity index (χ2n) is 6.25. The normalized spacial score (nSPS) is 26.6. The van der Waals surface area contributed by atoms with Gasteiger partial charge in [0.2, 0.25) is 0 Å². The first-order chi connectivity index (χ1) is 8.38. The van der Waals surface area contributed by atoms with E-state index in [4.69, 9.17) is 0 Å². The fourth-order valence-corrected chi connectivity index (χ4v) is 3.26. The SMILES string of the molecule is Cc1ccc(C2(C#N)CCNC(C)(C)C2)c(C)c1. The molecule has 0 amide bonds. The molecule has 18 heavy (non-hydrogen) atoms. The minimum Gasteiger partial charge on any atom is -0.312 e. The summed E-state index contributed by atoms with van der Waals surface area (Å²) in [6.45, 7) is 9.50. The van der Waals surface area contributed by atoms with Crippen LogP contribution in [0.2, 0.25) is 0 Å². The Kier molecular flexibility index (Phi) is 3.21. The van der Waals surface area contributed by atoms with Gasteiger partial charge in [-0.05, 0) is 58.2 Å². The Morgan fingerprint density at radius 1 is 1.28 bits per heavy atom. The Balaban J connectivity index is 2.47. The second kappa shape index (κ2) is 4.40. The van der Waals surface area contributed by atoms with E-state index >= 15 is 0 Å². The molecule has 1 N–H and O–H groups in total. The van der Waals surface area contributed by atoms with Crippen LogP contribution >= 0.6 is 0 Å². The molecule has 1 heterocycles. The number of nitriles is 1. The number of aryl methyl sites for hydroxylation is 2. The number of benzene rings is 1. The minimum atomic E-state index is -0.327. The summed E-state index contributed by atoms with van der Waals surface area (Å²) in [5.74, 6) is 0. The van der Waals surface area contributed by atoms with Gasteiger partial charge >= 0.3 is 0 Å². The van der Waals surface area contributed by atoms with Gasteiger partial charge in [-0.15, -0.1) is 0 Å². The number of nitrogens with one attached hydrogen (secondary N) is 1. The Hall–Kier alpha value is -1.33. The molecule has 1 aromatic rings. The quantitative estimate of drug-likeness (QED) is 0.820. The molecule has 96 valence electrons. The maximum absolute atomic E-state index is 9.74. The third-order valence-electron chi connectivity index (χ3n) is 4.01. The number of piperidine rings is 1. The molecule has 1 unspecified atom stereocenters. The topological polar surface area (TPSA) is 35.8 Å². The van der Waals surface area contributed by atoms with Crippen LogP contribution in [0.1, 0.15) is 43.4 Å². The van der Waals surface area contributed by atoms with Crippen LogP contribution in [0.5, 0.6) is 0 Å². The van der Waals surface area contributed by atoms with Gasteiger partial charge in [0.1, 0.15) is 0 Å². The lowest BCUT2D eigenvalue weighted by atomic mass is 9.67. The van der Waals surface area contributed by atoms with Gasteiger partial charge < -0.3 is 5.32 Å². The average molecular weight is 242 g/mol. The Labute approximate surface area is 110 Å². The Bertz CT molecular complexity index is 496. The van der Waals surface area contributed by atoms with Crippen molar-refractivity contribution in [3.63, 3.8) is 0 Å². The summed E-state index contributed by atoms with van der Waals surface area (Å²) in [6, 6.07) is 9.06. The second-order valence-corrected chi connectivity index (χ2v) is 6.25. The summed E-state index contributed by atoms with van der Waals surface area (Å²) in [7, 11) is 0. The predicted molar refractivity (Wildman–Crippen MR) is 74.5 cm³/mol. The Morgan fingerprint density at radius 3 is 2.56 bits per heavy atom. The molecule has 1 saturated heterocycles. The van der Waals surface area contributed by atoms with E-state index in [0.717, 1.165) is 19.4 Å². The minimum absolute atomic E-state index is 0.0330. The fourth-order valence-electron chi connectivity index (χ4n) is 3.26. The molecule has 0 bridgehead atoms. The molecule has 2 heteroatoms. The van der Waals surface area contributed by atoms with Gasteiger partial charge in [0.25, 0.3) is 0 Å². The summed E-state index contributed by atoms with van der Waals surface area (Å²) in [5.41, 5.74) is 3.43. The van der Waals surface area contributed by atoms with Gasteiger partial charge in [-0.1, -0.05) is 23.8 Å². The highest BCUT2D eigenvalue weighted by Crippen LogP contribution is 2.40. The molecule has 2 rings (SSSR count). The standard InChI is InChI=1S/C16H22N2/c1-12-5-6-14(13(2)9-12)16(11-17)7-8-18-15(3,4)10-16/h5-6,9,18H,7-8,10H2,1-4H3. The van der Waals surface area contributed by atoms with E-state index in [-0.39, 0.29) is 11.0 Å². The van der Waals surface area contributed by atoms with Crippen LogP contribution in [0.4, 0.5) is 0 Å². The monoisotopic (exact) mass is 242 g/mol. The summed E-state index contributed by atoms with van der Waals surface area (Å²) >= 11 is 0. The van der Waals surface area contributed by atoms with E-state index in [1.54, 1.807) is 0 Å². The van der Waals surface area contributed by atoms with Crippen LogP contribution in [-0.2, 0) is 5.41 Å². The highest BCUT2D eigenvalue weighted by atomic mass is 15.0. The van der Waals surface area contributed by atoms with Crippen molar-refractivity contribution in [1.29, 1.82) is 5.26 Å². The van der Waals surface area contributed by atoms with Gasteiger partial charge in [0.05, 0.1) is 11.5 Å². The van der Waals surface area contributed by atoms with Crippen molar-refractivity contribution >= 4 is 0 Å². The van der Waals surface area contributed by atoms with Crippen molar-refractivity contribution in [2.24, 2.45) is 0 Å². The lowest BCUT2D eigenvalue weighted by Crippen LogP contribution is -2.52. The van der Waals surface area contributed by atoms with Crippen molar-refractivity contribution in [1.82, 2.24) is 5.32 Å². The number of rotatable bonds is 1. The number of hydrogen-bond donors (Lipinski definition) is 1. The zero-order valence-electron chi connectivity index (χ0n) is 11.8. The lowest BCUT2D eigenvalue weighted by Gasteiger charge is -2.42. The zero-order chi connectivity index (χ0) is 13.4. The average Bonchev–Trinajstić information content (AvgIpc) is 2.27. The van der Waals surface area contributed by atoms with Gasteiger partial charge in [0.15, 0.2) is 0 Å². The van der Waals surface area contributed by atoms with Crippen LogP contribution in [0.25, 0.3) is 0 Å². The molecule has 0 aromatic heterocycles. The van der Waals surface area contributed by atoms with Gasteiger partial charge in [-0.3, -0.25) is 0 Å². The predicted octanol–water partition coefficient (Wildman–Crippen LogP) is 3.23. The van der Waals surface area contributed by atoms with Gasteiger partial charge in [0, 0.05) is 5.54 Å². The highest BCUT2D eigenvalue weighted by molar-refractivity contribution is 5.42. The van der Waals surface area contributed by atoms with E-state index in [1.165, 1.54) is 16.7 Å². The van der Waals surface area contributed by atoms with Gasteiger partial charge in [-0.2, -0.15) is 5.26 Å². The molecule has 0 saturated carbocycles. The number of hydrogen-bond acceptors (Lipinski definition) is 2. The van der Waals surface area contributed by atoms with Crippen LogP contribution in [0.3, 0.4) is 0 Å². The van der Waals surface area contributed by atoms with Crippen LogP contribution < -0.4 is 5.32 Å². The van der Waals surface area contributed by atoms with Crippen LogP contribution in [0.15, 0.2) is 18.2 Å². The first-order valence-corrected chi connectivity index (χ1v) is 6.63. The third kappa shape index (κ3) is 2.28. The number of nitrogens with zero attached hydrogens (tertiary/aromatic N) is 1. The molecular weight excluding hydrogens is 220 g/mol. The highest BCUT2D eigenvalue weighted by Gasteiger charge is 2.42. The molecule has 2 nitrogen and oxygen atoms in total. The maximum Gasteiger partial charge on any atom is 0.0854 e. The molecule has 1 aromatic carbocycles. The lowest BCUT2D eigenvalue weighted by molar-refractivity contribution is 0.233. The molecule has 1 atom stereocenters. The molecule has 1 fully saturated rings. The largest absolute Gasteiger partial charge is 0.312 e. The van der Waals surface area contributed by atoms with E-state index in [1.807, 2.05) is 0 Å². The zero-order valence-corrected chi connectivity index (χ0v) is 11.8. The third-order valence-corrected chi connectivity index (χ3v) is 4.01. The van der Waals surface area contributed by atoms with Crippen molar-refractivity contribution in [3.8, 4) is 6.07 Å². The summed E-state index contributed by atoms with van der Waals surface area (Å²) in [6.07, 6.45) is 1.78. The van der Waals surface area contributed by atoms with Crippen molar-refractivity contribution in [2.75, 3.05) is 6.54 Å². The molecular formula is C16H22N2. The van der Waals surface area contributed by atoms with Crippen LogP contribution in [-0.4, -0.2) is 12.1 Å². The molecule has 1 aliphatic rings. The molecule has 0 aliphatic carbocycles. The summed E-state index contributed by atoms with van der Waals surface area (Å²) in [5, 5.41) is 13.2. The fraction of sp³-hybridized carbons (Fsp3) is 0.562.